The largest absolute Gasteiger partial charge is 0.386 e. The minimum Gasteiger partial charge on any atom is -0.386 e. The highest BCUT2D eigenvalue weighted by Gasteiger charge is 2.37. The molecule has 3 heterocycles. The summed E-state index contributed by atoms with van der Waals surface area (Å²) in [7, 11) is 1.80. The standard InChI is InChI=1S/C18H27N3O3/c1-20(17(22)15-6-11-24-12-7-15)13-18(23)8-4-10-21(14-18)16-5-2-3-9-19-16/h2-3,5,9,15,23H,4,6-8,10-14H2,1H3. The van der Waals surface area contributed by atoms with Crippen molar-refractivity contribution in [2.24, 2.45) is 5.92 Å². The lowest BCUT2D eigenvalue weighted by molar-refractivity contribution is -0.140. The minimum atomic E-state index is -0.884. The maximum atomic E-state index is 12.6. The molecule has 0 spiro atoms. The number of aromatic nitrogens is 1. The second-order valence-electron chi connectivity index (χ2n) is 7.02. The van der Waals surface area contributed by atoms with Crippen LogP contribution in [0.1, 0.15) is 25.7 Å². The van der Waals surface area contributed by atoms with Crippen LogP contribution in [0.15, 0.2) is 24.4 Å². The number of rotatable bonds is 4. The molecular weight excluding hydrogens is 306 g/mol. The van der Waals surface area contributed by atoms with Gasteiger partial charge in [0.25, 0.3) is 0 Å². The van der Waals surface area contributed by atoms with Crippen LogP contribution in [0, 0.1) is 5.92 Å². The molecular formula is C18H27N3O3. The molecule has 0 aromatic carbocycles. The van der Waals surface area contributed by atoms with E-state index in [2.05, 4.69) is 9.88 Å². The van der Waals surface area contributed by atoms with Gasteiger partial charge in [0.05, 0.1) is 12.1 Å². The quantitative estimate of drug-likeness (QED) is 0.900. The van der Waals surface area contributed by atoms with Crippen molar-refractivity contribution < 1.29 is 14.6 Å². The van der Waals surface area contributed by atoms with Gasteiger partial charge in [-0.25, -0.2) is 4.98 Å². The van der Waals surface area contributed by atoms with Gasteiger partial charge in [-0.3, -0.25) is 4.79 Å². The average Bonchev–Trinajstić information content (AvgIpc) is 2.62. The van der Waals surface area contributed by atoms with Gasteiger partial charge in [-0.2, -0.15) is 0 Å². The monoisotopic (exact) mass is 333 g/mol. The van der Waals surface area contributed by atoms with Crippen LogP contribution in [0.25, 0.3) is 0 Å². The van der Waals surface area contributed by atoms with Crippen LogP contribution in [0.3, 0.4) is 0 Å². The predicted molar refractivity (Wildman–Crippen MR) is 91.8 cm³/mol. The molecule has 0 radical (unpaired) electrons. The maximum absolute atomic E-state index is 12.6. The highest BCUT2D eigenvalue weighted by Crippen LogP contribution is 2.26. The topological polar surface area (TPSA) is 65.9 Å². The van der Waals surface area contributed by atoms with Crippen molar-refractivity contribution >= 4 is 11.7 Å². The average molecular weight is 333 g/mol. The summed E-state index contributed by atoms with van der Waals surface area (Å²) in [5.74, 6) is 1.04. The number of pyridine rings is 1. The smallest absolute Gasteiger partial charge is 0.225 e. The predicted octanol–water partition coefficient (Wildman–Crippen LogP) is 1.30. The Morgan fingerprint density at radius 2 is 2.25 bits per heavy atom. The van der Waals surface area contributed by atoms with E-state index in [1.54, 1.807) is 18.1 Å². The number of nitrogens with zero attached hydrogens (tertiary/aromatic N) is 3. The zero-order chi connectivity index (χ0) is 17.0. The van der Waals surface area contributed by atoms with Crippen LogP contribution in [-0.4, -0.2) is 66.4 Å². The van der Waals surface area contributed by atoms with Gasteiger partial charge in [-0.15, -0.1) is 0 Å². The number of aliphatic hydroxyl groups is 1. The molecule has 6 heteroatoms. The van der Waals surface area contributed by atoms with E-state index in [0.717, 1.165) is 31.6 Å². The second-order valence-corrected chi connectivity index (χ2v) is 7.02. The fourth-order valence-electron chi connectivity index (χ4n) is 3.75. The first-order chi connectivity index (χ1) is 11.6. The molecule has 1 amide bonds. The number of carbonyl (C=O) groups excluding carboxylic acids is 1. The molecule has 1 aromatic heterocycles. The van der Waals surface area contributed by atoms with E-state index < -0.39 is 5.60 Å². The number of piperidine rings is 1. The number of amides is 1. The van der Waals surface area contributed by atoms with Gasteiger partial charge in [-0.05, 0) is 37.8 Å². The fourth-order valence-corrected chi connectivity index (χ4v) is 3.75. The third-order valence-corrected chi connectivity index (χ3v) is 5.01. The van der Waals surface area contributed by atoms with Gasteiger partial charge in [0.15, 0.2) is 0 Å². The van der Waals surface area contributed by atoms with Crippen molar-refractivity contribution in [1.29, 1.82) is 0 Å². The van der Waals surface area contributed by atoms with Gasteiger partial charge < -0.3 is 19.6 Å². The van der Waals surface area contributed by atoms with Crippen LogP contribution in [0.5, 0.6) is 0 Å². The lowest BCUT2D eigenvalue weighted by Gasteiger charge is -2.42. The maximum Gasteiger partial charge on any atom is 0.225 e. The molecule has 0 saturated carbocycles. The van der Waals surface area contributed by atoms with Crippen LogP contribution in [-0.2, 0) is 9.53 Å². The summed E-state index contributed by atoms with van der Waals surface area (Å²) >= 11 is 0. The summed E-state index contributed by atoms with van der Waals surface area (Å²) in [6.07, 6.45) is 4.93. The van der Waals surface area contributed by atoms with Crippen molar-refractivity contribution in [2.45, 2.75) is 31.3 Å². The number of carbonyl (C=O) groups is 1. The Bertz CT molecular complexity index is 548. The zero-order valence-corrected chi connectivity index (χ0v) is 14.4. The number of ether oxygens (including phenoxy) is 1. The molecule has 2 aliphatic heterocycles. The number of hydrogen-bond acceptors (Lipinski definition) is 5. The van der Waals surface area contributed by atoms with E-state index in [1.165, 1.54) is 0 Å². The SMILES string of the molecule is CN(CC1(O)CCCN(c2ccccn2)C1)C(=O)C1CCOCC1. The molecule has 132 valence electrons. The lowest BCUT2D eigenvalue weighted by Crippen LogP contribution is -2.55. The molecule has 2 fully saturated rings. The summed E-state index contributed by atoms with van der Waals surface area (Å²) in [6.45, 7) is 3.07. The molecule has 0 bridgehead atoms. The molecule has 3 rings (SSSR count). The summed E-state index contributed by atoms with van der Waals surface area (Å²) in [5.41, 5.74) is -0.884. The van der Waals surface area contributed by atoms with E-state index >= 15 is 0 Å². The molecule has 24 heavy (non-hydrogen) atoms. The van der Waals surface area contributed by atoms with Crippen molar-refractivity contribution in [3.05, 3.63) is 24.4 Å². The fraction of sp³-hybridized carbons (Fsp3) is 0.667. The van der Waals surface area contributed by atoms with E-state index in [-0.39, 0.29) is 11.8 Å². The van der Waals surface area contributed by atoms with Gasteiger partial charge in [0, 0.05) is 45.5 Å². The molecule has 2 saturated heterocycles. The normalized spacial score (nSPS) is 25.5. The molecule has 1 unspecified atom stereocenters. The highest BCUT2D eigenvalue weighted by atomic mass is 16.5. The minimum absolute atomic E-state index is 0.0304. The molecule has 2 aliphatic rings. The summed E-state index contributed by atoms with van der Waals surface area (Å²) in [4.78, 5) is 20.8. The van der Waals surface area contributed by atoms with Crippen LogP contribution >= 0.6 is 0 Å². The van der Waals surface area contributed by atoms with Crippen molar-refractivity contribution in [3.8, 4) is 0 Å². The number of β-amino-alcohol motifs (C(OH)–C–C–N with tert-alkyl or cyclic N) is 1. The van der Waals surface area contributed by atoms with Crippen molar-refractivity contribution in [2.75, 3.05) is 44.8 Å². The zero-order valence-electron chi connectivity index (χ0n) is 14.4. The number of hydrogen-bond donors (Lipinski definition) is 1. The lowest BCUT2D eigenvalue weighted by atomic mass is 9.91. The third-order valence-electron chi connectivity index (χ3n) is 5.01. The van der Waals surface area contributed by atoms with Crippen molar-refractivity contribution in [3.63, 3.8) is 0 Å². The van der Waals surface area contributed by atoms with Crippen LogP contribution < -0.4 is 4.90 Å². The first kappa shape index (κ1) is 17.2. The Balaban J connectivity index is 1.61. The molecule has 0 aliphatic carbocycles. The third kappa shape index (κ3) is 4.05. The second kappa shape index (κ2) is 7.49. The Labute approximate surface area is 143 Å². The van der Waals surface area contributed by atoms with Crippen LogP contribution in [0.4, 0.5) is 5.82 Å². The first-order valence-electron chi connectivity index (χ1n) is 8.78. The summed E-state index contributed by atoms with van der Waals surface area (Å²) in [6, 6.07) is 5.80. The van der Waals surface area contributed by atoms with Crippen LogP contribution in [0.2, 0.25) is 0 Å². The van der Waals surface area contributed by atoms with E-state index in [4.69, 9.17) is 4.74 Å². The van der Waals surface area contributed by atoms with Gasteiger partial charge in [0.1, 0.15) is 5.82 Å². The Morgan fingerprint density at radius 3 is 2.96 bits per heavy atom. The van der Waals surface area contributed by atoms with E-state index in [9.17, 15) is 9.90 Å². The van der Waals surface area contributed by atoms with Gasteiger partial charge in [-0.1, -0.05) is 6.07 Å². The first-order valence-corrected chi connectivity index (χ1v) is 8.78. The molecule has 1 N–H and O–H groups in total. The summed E-state index contributed by atoms with van der Waals surface area (Å²) < 4.78 is 5.33. The Hall–Kier alpha value is -1.66. The van der Waals surface area contributed by atoms with E-state index in [1.807, 2.05) is 18.2 Å². The summed E-state index contributed by atoms with van der Waals surface area (Å²) in [5, 5.41) is 11.0. The van der Waals surface area contributed by atoms with Gasteiger partial charge in [0.2, 0.25) is 5.91 Å². The molecule has 1 atom stereocenters. The Morgan fingerprint density at radius 1 is 1.46 bits per heavy atom. The number of anilines is 1. The van der Waals surface area contributed by atoms with Gasteiger partial charge >= 0.3 is 0 Å². The molecule has 1 aromatic rings. The van der Waals surface area contributed by atoms with Crippen molar-refractivity contribution in [1.82, 2.24) is 9.88 Å². The van der Waals surface area contributed by atoms with E-state index in [0.29, 0.717) is 32.7 Å². The number of likely N-dealkylation sites (N-methyl/N-ethyl adjacent to an activating group) is 1. The Kier molecular flexibility index (Phi) is 5.36. The molecule has 6 nitrogen and oxygen atoms in total. The highest BCUT2D eigenvalue weighted by molar-refractivity contribution is 5.78.